The molecule has 0 saturated carbocycles. The number of hydrogen-bond acceptors (Lipinski definition) is 4. The van der Waals surface area contributed by atoms with Crippen molar-refractivity contribution in [3.8, 4) is 11.8 Å². The molecule has 9 heteroatoms. The van der Waals surface area contributed by atoms with Gasteiger partial charge in [0.25, 0.3) is 0 Å². The fourth-order valence-corrected chi connectivity index (χ4v) is 5.21. The molecule has 180 valence electrons. The highest BCUT2D eigenvalue weighted by Gasteiger charge is 2.40. The molecule has 2 aromatic carbocycles. The zero-order valence-corrected chi connectivity index (χ0v) is 19.5. The maximum absolute atomic E-state index is 16.1. The maximum atomic E-state index is 16.1. The van der Waals surface area contributed by atoms with E-state index in [9.17, 15) is 19.6 Å². The van der Waals surface area contributed by atoms with Crippen LogP contribution in [-0.2, 0) is 14.9 Å². The maximum Gasteiger partial charge on any atom is 0.332 e. The first-order valence-corrected chi connectivity index (χ1v) is 11.3. The molecule has 7 nitrogen and oxygen atoms in total. The van der Waals surface area contributed by atoms with Crippen molar-refractivity contribution in [1.29, 1.82) is 5.26 Å². The molecule has 2 N–H and O–H groups in total. The van der Waals surface area contributed by atoms with Gasteiger partial charge in [-0.1, -0.05) is 13.8 Å². The van der Waals surface area contributed by atoms with Gasteiger partial charge >= 0.3 is 5.97 Å². The van der Waals surface area contributed by atoms with Crippen LogP contribution >= 0.6 is 0 Å². The minimum atomic E-state index is -1.07. The summed E-state index contributed by atoms with van der Waals surface area (Å²) in [5, 5.41) is 26.7. The van der Waals surface area contributed by atoms with Crippen LogP contribution in [-0.4, -0.2) is 38.6 Å². The molecule has 1 saturated heterocycles. The molecule has 0 radical (unpaired) electrons. The van der Waals surface area contributed by atoms with Crippen LogP contribution in [0.3, 0.4) is 0 Å². The highest BCUT2D eigenvalue weighted by Crippen LogP contribution is 2.47. The summed E-state index contributed by atoms with van der Waals surface area (Å²) in [6.45, 7) is 5.56. The van der Waals surface area contributed by atoms with Gasteiger partial charge < -0.3 is 14.4 Å². The molecule has 5 rings (SSSR count). The lowest BCUT2D eigenvalue weighted by atomic mass is 9.79. The van der Waals surface area contributed by atoms with Gasteiger partial charge in [-0.15, -0.1) is 0 Å². The van der Waals surface area contributed by atoms with Crippen LogP contribution in [0, 0.1) is 29.9 Å². The average molecular weight is 478 g/mol. The molecule has 1 fully saturated rings. The van der Waals surface area contributed by atoms with Crippen molar-refractivity contribution in [2.75, 3.05) is 6.61 Å². The fraction of sp³-hybridized carbons (Fsp3) is 0.346. The number of aromatic nitrogens is 3. The average Bonchev–Trinajstić information content (AvgIpc) is 3.52. The number of carboxylic acids is 1. The van der Waals surface area contributed by atoms with E-state index in [0.717, 1.165) is 0 Å². The molecule has 2 aromatic heterocycles. The second-order valence-electron chi connectivity index (χ2n) is 9.76. The van der Waals surface area contributed by atoms with E-state index >= 15 is 4.39 Å². The quantitative estimate of drug-likeness (QED) is 0.408. The predicted molar refractivity (Wildman–Crippen MR) is 126 cm³/mol. The number of H-pyrrole nitrogens is 1. The van der Waals surface area contributed by atoms with E-state index in [0.29, 0.717) is 38.8 Å². The molecule has 3 heterocycles. The van der Waals surface area contributed by atoms with Crippen LogP contribution in [0.15, 0.2) is 30.5 Å². The number of carbonyl (C=O) groups is 1. The van der Waals surface area contributed by atoms with Crippen molar-refractivity contribution in [3.05, 3.63) is 58.9 Å². The van der Waals surface area contributed by atoms with Crippen LogP contribution in [0.4, 0.5) is 8.78 Å². The Hall–Kier alpha value is -3.77. The fourth-order valence-electron chi connectivity index (χ4n) is 5.21. The summed E-state index contributed by atoms with van der Waals surface area (Å²) in [6.07, 6.45) is 0.835. The first kappa shape index (κ1) is 23.0. The number of carboxylic acid groups (broad SMARTS) is 1. The summed E-state index contributed by atoms with van der Waals surface area (Å²) in [5.74, 6) is -2.35. The number of aliphatic carboxylic acids is 1. The van der Waals surface area contributed by atoms with Crippen molar-refractivity contribution in [2.45, 2.75) is 51.0 Å². The Bertz CT molecular complexity index is 1530. The normalized spacial score (nSPS) is 18.4. The topological polar surface area (TPSA) is 104 Å². The number of fused-ring (bicyclic) bond motifs is 2. The van der Waals surface area contributed by atoms with Gasteiger partial charge in [0.2, 0.25) is 0 Å². The van der Waals surface area contributed by atoms with Crippen molar-refractivity contribution in [2.24, 2.45) is 0 Å². The number of benzene rings is 2. The number of aryl methyl sites for hydroxylation is 1. The van der Waals surface area contributed by atoms with Gasteiger partial charge in [0, 0.05) is 39.9 Å². The Balaban J connectivity index is 1.93. The standard InChI is InChI=1S/C26H24F2N4O3/c1-13-8-16(4-5-17(13)27)32-18-9-14-11-30-31-23(14)22(28)21(18)20(24(32)26(2,3)6-7-29)15-10-19(25(33)34)35-12-15/h4-5,8-9,11,15,19H,6,10,12H2,1-3H3,(H,30,31)(H,33,34). The summed E-state index contributed by atoms with van der Waals surface area (Å²) in [6, 6.07) is 8.72. The molecular formula is C26H24F2N4O3. The summed E-state index contributed by atoms with van der Waals surface area (Å²) < 4.78 is 37.7. The first-order valence-electron chi connectivity index (χ1n) is 11.3. The Labute approximate surface area is 199 Å². The van der Waals surface area contributed by atoms with Crippen LogP contribution in [0.5, 0.6) is 0 Å². The van der Waals surface area contributed by atoms with Crippen LogP contribution in [0.2, 0.25) is 0 Å². The molecule has 1 aliphatic heterocycles. The molecular weight excluding hydrogens is 454 g/mol. The van der Waals surface area contributed by atoms with Crippen LogP contribution in [0.25, 0.3) is 27.5 Å². The number of nitrogens with zero attached hydrogens (tertiary/aromatic N) is 3. The van der Waals surface area contributed by atoms with Gasteiger partial charge in [-0.05, 0) is 48.7 Å². The Kier molecular flexibility index (Phi) is 5.37. The largest absolute Gasteiger partial charge is 0.479 e. The number of halogens is 2. The lowest BCUT2D eigenvalue weighted by Gasteiger charge is -2.28. The van der Waals surface area contributed by atoms with E-state index in [2.05, 4.69) is 16.3 Å². The molecule has 0 aliphatic carbocycles. The van der Waals surface area contributed by atoms with E-state index in [1.54, 1.807) is 19.1 Å². The molecule has 35 heavy (non-hydrogen) atoms. The second-order valence-corrected chi connectivity index (χ2v) is 9.76. The highest BCUT2D eigenvalue weighted by atomic mass is 19.1. The van der Waals surface area contributed by atoms with Crippen molar-refractivity contribution in [3.63, 3.8) is 0 Å². The van der Waals surface area contributed by atoms with Gasteiger partial charge in [-0.25, -0.2) is 13.6 Å². The number of aromatic amines is 1. The summed E-state index contributed by atoms with van der Waals surface area (Å²) in [5.41, 5.74) is 2.37. The number of hydrogen-bond donors (Lipinski definition) is 2. The number of rotatable bonds is 5. The van der Waals surface area contributed by atoms with E-state index in [-0.39, 0.29) is 30.8 Å². The van der Waals surface area contributed by atoms with Gasteiger partial charge in [0.1, 0.15) is 11.3 Å². The Morgan fingerprint density at radius 3 is 2.80 bits per heavy atom. The van der Waals surface area contributed by atoms with E-state index in [1.165, 1.54) is 12.3 Å². The lowest BCUT2D eigenvalue weighted by molar-refractivity contribution is -0.147. The monoisotopic (exact) mass is 478 g/mol. The van der Waals surface area contributed by atoms with Gasteiger partial charge in [0.15, 0.2) is 11.9 Å². The van der Waals surface area contributed by atoms with Crippen LogP contribution < -0.4 is 0 Å². The number of nitriles is 1. The molecule has 0 bridgehead atoms. The van der Waals surface area contributed by atoms with E-state index < -0.39 is 29.2 Å². The van der Waals surface area contributed by atoms with Gasteiger partial charge in [-0.2, -0.15) is 10.4 Å². The first-order chi connectivity index (χ1) is 16.6. The predicted octanol–water partition coefficient (Wildman–Crippen LogP) is 5.24. The summed E-state index contributed by atoms with van der Waals surface area (Å²) >= 11 is 0. The minimum absolute atomic E-state index is 0.106. The van der Waals surface area contributed by atoms with E-state index in [1.807, 2.05) is 24.5 Å². The minimum Gasteiger partial charge on any atom is -0.479 e. The molecule has 2 unspecified atom stereocenters. The molecule has 2 atom stereocenters. The molecule has 1 aliphatic rings. The molecule has 4 aromatic rings. The zero-order chi connectivity index (χ0) is 25.1. The third-order valence-corrected chi connectivity index (χ3v) is 6.89. The lowest BCUT2D eigenvalue weighted by Crippen LogP contribution is -2.24. The van der Waals surface area contributed by atoms with E-state index in [4.69, 9.17) is 4.74 Å². The van der Waals surface area contributed by atoms with Crippen LogP contribution in [0.1, 0.15) is 49.4 Å². The smallest absolute Gasteiger partial charge is 0.332 e. The number of nitrogens with one attached hydrogen (secondary N) is 1. The Morgan fingerprint density at radius 2 is 2.14 bits per heavy atom. The van der Waals surface area contributed by atoms with Crippen molar-refractivity contribution < 1.29 is 23.4 Å². The third kappa shape index (κ3) is 3.56. The summed E-state index contributed by atoms with van der Waals surface area (Å²) in [7, 11) is 0. The number of ether oxygens (including phenoxy) is 1. The highest BCUT2D eigenvalue weighted by molar-refractivity contribution is 6.00. The Morgan fingerprint density at radius 1 is 1.37 bits per heavy atom. The molecule has 0 amide bonds. The summed E-state index contributed by atoms with van der Waals surface area (Å²) in [4.78, 5) is 11.6. The van der Waals surface area contributed by atoms with Crippen molar-refractivity contribution >= 4 is 27.8 Å². The second kappa shape index (κ2) is 8.17. The SMILES string of the molecule is Cc1cc(-n2c(C(C)(C)CC#N)c(C3COC(C(=O)O)C3)c3c(F)c4[nH]ncc4cc32)ccc1F. The zero-order valence-electron chi connectivity index (χ0n) is 19.5. The molecule has 0 spiro atoms. The van der Waals surface area contributed by atoms with Gasteiger partial charge in [0.05, 0.1) is 24.4 Å². The third-order valence-electron chi connectivity index (χ3n) is 6.89. The van der Waals surface area contributed by atoms with Crippen molar-refractivity contribution in [1.82, 2.24) is 14.8 Å². The van der Waals surface area contributed by atoms with Gasteiger partial charge in [-0.3, -0.25) is 5.10 Å².